The van der Waals surface area contributed by atoms with Gasteiger partial charge in [0.05, 0.1) is 21.0 Å². The van der Waals surface area contributed by atoms with Crippen LogP contribution in [0.1, 0.15) is 122 Å². The molecule has 0 unspecified atom stereocenters. The Balaban J connectivity index is -0.00000612. The molecule has 0 aliphatic heterocycles. The molecule has 0 saturated heterocycles. The molecule has 0 spiro atoms. The van der Waals surface area contributed by atoms with Crippen molar-refractivity contribution in [3.05, 3.63) is 0 Å². The maximum Gasteiger partial charge on any atom is 1.00 e. The number of phosphoric acid groups is 1. The fourth-order valence-electron chi connectivity index (χ4n) is 3.83. The maximum absolute atomic E-state index is 12.2. The van der Waals surface area contributed by atoms with Gasteiger partial charge in [-0.2, -0.15) is 11.8 Å². The molecular weight excluding hydrogens is 549 g/mol. The van der Waals surface area contributed by atoms with Crippen LogP contribution in [0.15, 0.2) is 0 Å². The molecule has 0 aromatic carbocycles. The van der Waals surface area contributed by atoms with E-state index >= 15 is 0 Å². The van der Waals surface area contributed by atoms with Gasteiger partial charge < -0.3 is 28.3 Å². The van der Waals surface area contributed by atoms with E-state index in [4.69, 9.17) is 4.74 Å². The van der Waals surface area contributed by atoms with Gasteiger partial charge in [0.2, 0.25) is 0 Å². The van der Waals surface area contributed by atoms with Crippen LogP contribution in [0.2, 0.25) is 0 Å². The smallest absolute Gasteiger partial charge is 0.790 e. The van der Waals surface area contributed by atoms with Gasteiger partial charge in [0.25, 0.3) is 6.47 Å². The minimum Gasteiger partial charge on any atom is -0.790 e. The Bertz CT molecular complexity index is 569. The zero-order chi connectivity index (χ0) is 26.7. The first kappa shape index (κ1) is 43.8. The minimum atomic E-state index is -5.11. The van der Waals surface area contributed by atoms with Crippen LogP contribution in [-0.2, 0) is 28.2 Å². The van der Waals surface area contributed by atoms with Crippen molar-refractivity contribution in [2.75, 3.05) is 24.7 Å². The number of unbranched alkanes of at least 4 members (excludes halogenated alkanes) is 15. The zero-order valence-corrected chi connectivity index (χ0v) is 30.0. The van der Waals surface area contributed by atoms with Crippen molar-refractivity contribution in [3.63, 3.8) is 0 Å². The van der Waals surface area contributed by atoms with Gasteiger partial charge in [0.15, 0.2) is 0 Å². The van der Waals surface area contributed by atoms with E-state index in [0.717, 1.165) is 63.5 Å². The second kappa shape index (κ2) is 32.9. The van der Waals surface area contributed by atoms with Crippen molar-refractivity contribution >= 4 is 32.0 Å². The van der Waals surface area contributed by atoms with E-state index in [9.17, 15) is 23.9 Å². The summed E-state index contributed by atoms with van der Waals surface area (Å²) in [5.41, 5.74) is 0. The largest absolute Gasteiger partial charge is 1.00 e. The van der Waals surface area contributed by atoms with E-state index in [2.05, 4.69) is 16.2 Å². The van der Waals surface area contributed by atoms with Crippen LogP contribution >= 0.6 is 19.6 Å². The van der Waals surface area contributed by atoms with Gasteiger partial charge in [-0.3, -0.25) is 9.59 Å². The summed E-state index contributed by atoms with van der Waals surface area (Å²) in [6, 6.07) is 0. The van der Waals surface area contributed by atoms with Crippen LogP contribution in [0.4, 0.5) is 0 Å². The van der Waals surface area contributed by atoms with Gasteiger partial charge in [-0.1, -0.05) is 96.8 Å². The molecule has 214 valence electrons. The van der Waals surface area contributed by atoms with Crippen LogP contribution in [-0.4, -0.2) is 43.3 Å². The van der Waals surface area contributed by atoms with Gasteiger partial charge in [-0.05, 0) is 25.0 Å². The molecule has 0 rings (SSSR count). The monoisotopic (exact) mass is 598 g/mol. The van der Waals surface area contributed by atoms with Crippen LogP contribution in [0, 0.1) is 0 Å². The number of hydrogen-bond donors (Lipinski definition) is 0. The molecule has 0 aliphatic rings. The van der Waals surface area contributed by atoms with E-state index in [0.29, 0.717) is 25.3 Å². The van der Waals surface area contributed by atoms with Gasteiger partial charge in [0, 0.05) is 12.2 Å². The van der Waals surface area contributed by atoms with Crippen molar-refractivity contribution in [3.8, 4) is 0 Å². The summed E-state index contributed by atoms with van der Waals surface area (Å²) in [5, 5.41) is 0. The average Bonchev–Trinajstić information content (AvgIpc) is 2.83. The van der Waals surface area contributed by atoms with E-state index in [1.807, 2.05) is 0 Å². The maximum atomic E-state index is 12.2. The molecule has 0 aromatic heterocycles. The molecule has 38 heavy (non-hydrogen) atoms. The molecule has 0 aromatic rings. The third kappa shape index (κ3) is 35.4. The normalized spacial score (nSPS) is 11.8. The van der Waals surface area contributed by atoms with Crippen LogP contribution < -0.4 is 68.9 Å². The fourth-order valence-corrected chi connectivity index (χ4v) is 5.18. The summed E-state index contributed by atoms with van der Waals surface area (Å²) in [7, 11) is -5.11. The molecule has 0 bridgehead atoms. The van der Waals surface area contributed by atoms with Crippen molar-refractivity contribution < 1.29 is 97.1 Å². The second-order valence-electron chi connectivity index (χ2n) is 9.30. The topological polar surface area (TPSA) is 125 Å². The Kier molecular flexibility index (Phi) is 38.0. The Labute approximate surface area is 280 Å². The SMILES string of the molecule is CCCCCCCCCCCCCC(=O)O[C@H](COP(=O)([O-])[O-])CSCCCCCCCCOC=O.[Na+].[Na+]. The standard InChI is InChI=1S/C26H51O8PS.2Na/c1-2-3-4-5-6-7-8-9-10-13-16-19-26(28)34-25(22-33-35(29,30)31)23-36-21-18-15-12-11-14-17-20-32-24-27;;/h24-25H,2-23H2,1H3,(H2,29,30,31);;/q;2*+1/p-2/t25-;;/m1../s1. The van der Waals surface area contributed by atoms with Crippen molar-refractivity contribution in [1.29, 1.82) is 0 Å². The van der Waals surface area contributed by atoms with Crippen LogP contribution in [0.5, 0.6) is 0 Å². The predicted molar refractivity (Wildman–Crippen MR) is 142 cm³/mol. The second-order valence-corrected chi connectivity index (χ2v) is 11.6. The number of phosphoric ester groups is 1. The minimum absolute atomic E-state index is 0. The summed E-state index contributed by atoms with van der Waals surface area (Å²) >= 11 is 1.56. The van der Waals surface area contributed by atoms with Crippen molar-refractivity contribution in [2.45, 2.75) is 129 Å². The number of esters is 1. The van der Waals surface area contributed by atoms with E-state index in [-0.39, 0.29) is 65.1 Å². The third-order valence-electron chi connectivity index (χ3n) is 5.87. The van der Waals surface area contributed by atoms with Crippen molar-refractivity contribution in [2.24, 2.45) is 0 Å². The molecule has 12 heteroatoms. The molecule has 0 amide bonds. The summed E-state index contributed by atoms with van der Waals surface area (Å²) in [6.07, 6.45) is 18.8. The van der Waals surface area contributed by atoms with Crippen LogP contribution in [0.3, 0.4) is 0 Å². The van der Waals surface area contributed by atoms with Gasteiger partial charge in [-0.15, -0.1) is 0 Å². The van der Waals surface area contributed by atoms with Crippen LogP contribution in [0.25, 0.3) is 0 Å². The molecule has 0 aliphatic carbocycles. The van der Waals surface area contributed by atoms with Gasteiger partial charge in [-0.25, -0.2) is 0 Å². The number of carbonyl (C=O) groups excluding carboxylic acids is 2. The number of carbonyl (C=O) groups is 2. The molecule has 0 radical (unpaired) electrons. The zero-order valence-electron chi connectivity index (χ0n) is 24.3. The summed E-state index contributed by atoms with van der Waals surface area (Å²) in [5.74, 6) is 0.880. The molecule has 0 heterocycles. The first-order valence-electron chi connectivity index (χ1n) is 13.9. The number of rotatable bonds is 28. The van der Waals surface area contributed by atoms with Gasteiger partial charge in [0.1, 0.15) is 6.10 Å². The van der Waals surface area contributed by atoms with Crippen molar-refractivity contribution in [1.82, 2.24) is 0 Å². The summed E-state index contributed by atoms with van der Waals surface area (Å²) in [6.45, 7) is 2.74. The molecular formula is C26H49Na2O8PS. The first-order chi connectivity index (χ1) is 17.4. The Morgan fingerprint density at radius 3 is 1.84 bits per heavy atom. The summed E-state index contributed by atoms with van der Waals surface area (Å²) < 4.78 is 25.3. The molecule has 0 fully saturated rings. The predicted octanol–water partition coefficient (Wildman–Crippen LogP) is -0.301. The first-order valence-corrected chi connectivity index (χ1v) is 16.5. The Hall–Kier alpha value is 1.40. The van der Waals surface area contributed by atoms with E-state index < -0.39 is 20.5 Å². The Morgan fingerprint density at radius 1 is 0.816 bits per heavy atom. The van der Waals surface area contributed by atoms with Gasteiger partial charge >= 0.3 is 65.1 Å². The van der Waals surface area contributed by atoms with E-state index in [1.54, 1.807) is 11.8 Å². The number of ether oxygens (including phenoxy) is 2. The quantitative estimate of drug-likeness (QED) is 0.0393. The molecule has 8 nitrogen and oxygen atoms in total. The number of thioether (sulfide) groups is 1. The third-order valence-corrected chi connectivity index (χ3v) is 7.52. The molecule has 0 N–H and O–H groups in total. The fraction of sp³-hybridized carbons (Fsp3) is 0.923. The summed E-state index contributed by atoms with van der Waals surface area (Å²) in [4.78, 5) is 43.9. The van der Waals surface area contributed by atoms with E-state index in [1.165, 1.54) is 51.4 Å². The average molecular weight is 599 g/mol. The number of hydrogen-bond acceptors (Lipinski definition) is 9. The molecule has 0 saturated carbocycles. The molecule has 1 atom stereocenters. The Morgan fingerprint density at radius 2 is 1.32 bits per heavy atom.